The lowest BCUT2D eigenvalue weighted by Gasteiger charge is -2.23. The molecule has 1 aliphatic rings. The number of hydrogen-bond acceptors (Lipinski definition) is 3. The van der Waals surface area contributed by atoms with Gasteiger partial charge < -0.3 is 4.52 Å². The summed E-state index contributed by atoms with van der Waals surface area (Å²) in [5, 5.41) is 4.02. The van der Waals surface area contributed by atoms with E-state index in [0.717, 1.165) is 17.6 Å². The maximum absolute atomic E-state index is 5.34. The summed E-state index contributed by atoms with van der Waals surface area (Å²) in [5.41, 5.74) is 0. The fraction of sp³-hybridized carbons (Fsp3) is 0.833. The lowest BCUT2D eigenvalue weighted by molar-refractivity contribution is 0.280. The lowest BCUT2D eigenvalue weighted by Crippen LogP contribution is -2.11. The second kappa shape index (κ2) is 4.33. The minimum absolute atomic E-state index is 0.366. The number of hydrogen-bond donors (Lipinski definition) is 0. The summed E-state index contributed by atoms with van der Waals surface area (Å²) in [7, 11) is 0. The molecule has 1 aromatic heterocycles. The Balaban J connectivity index is 2.03. The molecule has 0 spiro atoms. The summed E-state index contributed by atoms with van der Waals surface area (Å²) in [5.74, 6) is 3.47. The van der Waals surface area contributed by atoms with E-state index in [1.165, 1.54) is 25.7 Å². The zero-order chi connectivity index (χ0) is 10.8. The van der Waals surface area contributed by atoms with Crippen molar-refractivity contribution in [1.82, 2.24) is 10.1 Å². The molecule has 1 aromatic rings. The first-order valence-corrected chi connectivity index (χ1v) is 6.00. The normalized spacial score (nSPS) is 27.2. The highest BCUT2D eigenvalue weighted by Crippen LogP contribution is 2.34. The standard InChI is InChI=1S/C12H20N2O/c1-8(2)11-13-12(15-14-11)10-6-4-9(3)5-7-10/h8-10H,4-7H2,1-3H3. The van der Waals surface area contributed by atoms with E-state index in [2.05, 4.69) is 30.9 Å². The SMILES string of the molecule is CC1CCC(c2nc(C(C)C)no2)CC1. The van der Waals surface area contributed by atoms with Crippen LogP contribution in [0.1, 0.15) is 70.0 Å². The zero-order valence-electron chi connectivity index (χ0n) is 9.86. The van der Waals surface area contributed by atoms with E-state index in [0.29, 0.717) is 11.8 Å². The third-order valence-electron chi connectivity index (χ3n) is 3.34. The number of rotatable bonds is 2. The molecule has 1 aliphatic carbocycles. The number of aromatic nitrogens is 2. The van der Waals surface area contributed by atoms with Crippen LogP contribution in [-0.2, 0) is 0 Å². The van der Waals surface area contributed by atoms with Crippen LogP contribution >= 0.6 is 0 Å². The topological polar surface area (TPSA) is 38.9 Å². The highest BCUT2D eigenvalue weighted by molar-refractivity contribution is 4.98. The molecule has 0 aliphatic heterocycles. The van der Waals surface area contributed by atoms with Gasteiger partial charge in [-0.25, -0.2) is 0 Å². The first-order valence-electron chi connectivity index (χ1n) is 6.00. The molecule has 1 fully saturated rings. The summed E-state index contributed by atoms with van der Waals surface area (Å²) >= 11 is 0. The Kier molecular flexibility index (Phi) is 3.08. The van der Waals surface area contributed by atoms with Gasteiger partial charge >= 0.3 is 0 Å². The van der Waals surface area contributed by atoms with Gasteiger partial charge in [-0.3, -0.25) is 0 Å². The van der Waals surface area contributed by atoms with Gasteiger partial charge in [-0.15, -0.1) is 0 Å². The molecule has 3 heteroatoms. The van der Waals surface area contributed by atoms with Crippen LogP contribution in [0.4, 0.5) is 0 Å². The fourth-order valence-electron chi connectivity index (χ4n) is 2.15. The zero-order valence-corrected chi connectivity index (χ0v) is 9.86. The highest BCUT2D eigenvalue weighted by Gasteiger charge is 2.24. The van der Waals surface area contributed by atoms with Gasteiger partial charge in [0, 0.05) is 11.8 Å². The molecule has 15 heavy (non-hydrogen) atoms. The van der Waals surface area contributed by atoms with Crippen molar-refractivity contribution < 1.29 is 4.52 Å². The molecular formula is C12H20N2O. The average Bonchev–Trinajstić information content (AvgIpc) is 2.68. The predicted molar refractivity (Wildman–Crippen MR) is 58.8 cm³/mol. The van der Waals surface area contributed by atoms with Crippen LogP contribution in [0, 0.1) is 5.92 Å². The van der Waals surface area contributed by atoms with Crippen molar-refractivity contribution in [2.45, 2.75) is 58.3 Å². The van der Waals surface area contributed by atoms with Gasteiger partial charge in [0.2, 0.25) is 5.89 Å². The van der Waals surface area contributed by atoms with E-state index in [4.69, 9.17) is 4.52 Å². The molecule has 2 rings (SSSR count). The molecular weight excluding hydrogens is 188 g/mol. The Labute approximate surface area is 91.3 Å². The number of nitrogens with zero attached hydrogens (tertiary/aromatic N) is 2. The van der Waals surface area contributed by atoms with Crippen molar-refractivity contribution >= 4 is 0 Å². The molecule has 3 nitrogen and oxygen atoms in total. The third-order valence-corrected chi connectivity index (χ3v) is 3.34. The molecule has 0 radical (unpaired) electrons. The summed E-state index contributed by atoms with van der Waals surface area (Å²) < 4.78 is 5.34. The minimum atomic E-state index is 0.366. The van der Waals surface area contributed by atoms with Crippen LogP contribution in [-0.4, -0.2) is 10.1 Å². The maximum atomic E-state index is 5.34. The van der Waals surface area contributed by atoms with Crippen molar-refractivity contribution in [2.24, 2.45) is 5.92 Å². The quantitative estimate of drug-likeness (QED) is 0.746. The van der Waals surface area contributed by atoms with Crippen LogP contribution in [0.5, 0.6) is 0 Å². The molecule has 1 saturated carbocycles. The van der Waals surface area contributed by atoms with Crippen LogP contribution < -0.4 is 0 Å². The lowest BCUT2D eigenvalue weighted by atomic mass is 9.83. The van der Waals surface area contributed by atoms with Gasteiger partial charge in [0.25, 0.3) is 0 Å². The van der Waals surface area contributed by atoms with E-state index in [1.807, 2.05) is 0 Å². The Hall–Kier alpha value is -0.860. The smallest absolute Gasteiger partial charge is 0.229 e. The van der Waals surface area contributed by atoms with E-state index >= 15 is 0 Å². The largest absolute Gasteiger partial charge is 0.339 e. The second-order valence-electron chi connectivity index (χ2n) is 5.10. The van der Waals surface area contributed by atoms with Gasteiger partial charge in [0.1, 0.15) is 0 Å². The van der Waals surface area contributed by atoms with Gasteiger partial charge in [-0.05, 0) is 31.6 Å². The second-order valence-corrected chi connectivity index (χ2v) is 5.10. The summed E-state index contributed by atoms with van der Waals surface area (Å²) in [4.78, 5) is 4.48. The van der Waals surface area contributed by atoms with Gasteiger partial charge in [-0.1, -0.05) is 25.9 Å². The summed E-state index contributed by atoms with van der Waals surface area (Å²) in [6.45, 7) is 6.51. The van der Waals surface area contributed by atoms with E-state index in [1.54, 1.807) is 0 Å². The van der Waals surface area contributed by atoms with Crippen LogP contribution in [0.3, 0.4) is 0 Å². The maximum Gasteiger partial charge on any atom is 0.229 e. The molecule has 0 unspecified atom stereocenters. The minimum Gasteiger partial charge on any atom is -0.339 e. The van der Waals surface area contributed by atoms with Crippen molar-refractivity contribution in [1.29, 1.82) is 0 Å². The average molecular weight is 208 g/mol. The van der Waals surface area contributed by atoms with Gasteiger partial charge in [0.15, 0.2) is 5.82 Å². The van der Waals surface area contributed by atoms with Crippen LogP contribution in [0.15, 0.2) is 4.52 Å². The molecule has 84 valence electrons. The molecule has 0 saturated heterocycles. The molecule has 1 heterocycles. The summed E-state index contributed by atoms with van der Waals surface area (Å²) in [6, 6.07) is 0. The third kappa shape index (κ3) is 2.39. The van der Waals surface area contributed by atoms with Crippen molar-refractivity contribution in [3.63, 3.8) is 0 Å². The first-order chi connectivity index (χ1) is 7.16. The molecule has 0 aromatic carbocycles. The van der Waals surface area contributed by atoms with Gasteiger partial charge in [-0.2, -0.15) is 4.98 Å². The van der Waals surface area contributed by atoms with E-state index < -0.39 is 0 Å². The molecule has 0 bridgehead atoms. The Morgan fingerprint density at radius 1 is 1.20 bits per heavy atom. The Morgan fingerprint density at radius 3 is 2.40 bits per heavy atom. The fourth-order valence-corrected chi connectivity index (χ4v) is 2.15. The van der Waals surface area contributed by atoms with Gasteiger partial charge in [0.05, 0.1) is 0 Å². The monoisotopic (exact) mass is 208 g/mol. The van der Waals surface area contributed by atoms with Crippen molar-refractivity contribution in [2.75, 3.05) is 0 Å². The van der Waals surface area contributed by atoms with Crippen molar-refractivity contribution in [3.05, 3.63) is 11.7 Å². The highest BCUT2D eigenvalue weighted by atomic mass is 16.5. The van der Waals surface area contributed by atoms with E-state index in [-0.39, 0.29) is 0 Å². The van der Waals surface area contributed by atoms with Crippen LogP contribution in [0.25, 0.3) is 0 Å². The van der Waals surface area contributed by atoms with Crippen LogP contribution in [0.2, 0.25) is 0 Å². The molecule has 0 N–H and O–H groups in total. The molecule has 0 amide bonds. The predicted octanol–water partition coefficient (Wildman–Crippen LogP) is 3.49. The van der Waals surface area contributed by atoms with E-state index in [9.17, 15) is 0 Å². The summed E-state index contributed by atoms with van der Waals surface area (Å²) in [6.07, 6.45) is 5.01. The Morgan fingerprint density at radius 2 is 1.87 bits per heavy atom. The first kappa shape index (κ1) is 10.7. The molecule has 0 atom stereocenters. The van der Waals surface area contributed by atoms with Crippen molar-refractivity contribution in [3.8, 4) is 0 Å². The Bertz CT molecular complexity index is 311.